The maximum absolute atomic E-state index is 13.5. The van der Waals surface area contributed by atoms with E-state index in [2.05, 4.69) is 26.3 Å². The Bertz CT molecular complexity index is 1150. The number of hydrogen-bond acceptors (Lipinski definition) is 5. The quantitative estimate of drug-likeness (QED) is 0.515. The van der Waals surface area contributed by atoms with E-state index in [1.54, 1.807) is 22.9 Å². The predicted octanol–water partition coefficient (Wildman–Crippen LogP) is 4.66. The summed E-state index contributed by atoms with van der Waals surface area (Å²) in [5.74, 6) is 0.583. The van der Waals surface area contributed by atoms with Crippen LogP contribution in [0.4, 0.5) is 5.82 Å². The molecular formula is C23H22BrN3O4. The minimum Gasteiger partial charge on any atom is -0.493 e. The molecule has 0 bridgehead atoms. The first-order chi connectivity index (χ1) is 14.9. The Labute approximate surface area is 188 Å². The molecule has 1 amide bonds. The van der Waals surface area contributed by atoms with Crippen molar-refractivity contribution >= 4 is 33.4 Å². The molecule has 31 heavy (non-hydrogen) atoms. The molecule has 0 radical (unpaired) electrons. The zero-order valence-electron chi connectivity index (χ0n) is 17.4. The number of aromatic nitrogens is 2. The third kappa shape index (κ3) is 3.95. The van der Waals surface area contributed by atoms with Crippen LogP contribution in [0.15, 0.2) is 46.9 Å². The molecule has 0 saturated carbocycles. The Morgan fingerprint density at radius 1 is 1.23 bits per heavy atom. The average molecular weight is 484 g/mol. The number of nitrogens with zero attached hydrogens (tertiary/aromatic N) is 2. The lowest BCUT2D eigenvalue weighted by Gasteiger charge is -2.23. The van der Waals surface area contributed by atoms with Crippen molar-refractivity contribution in [2.24, 2.45) is 0 Å². The average Bonchev–Trinajstić information content (AvgIpc) is 3.09. The lowest BCUT2D eigenvalue weighted by atomic mass is 9.85. The van der Waals surface area contributed by atoms with Crippen LogP contribution in [0.5, 0.6) is 11.5 Å². The van der Waals surface area contributed by atoms with Gasteiger partial charge >= 0.3 is 0 Å². The number of rotatable bonds is 6. The predicted molar refractivity (Wildman–Crippen MR) is 120 cm³/mol. The van der Waals surface area contributed by atoms with Crippen LogP contribution in [-0.2, 0) is 4.79 Å². The van der Waals surface area contributed by atoms with Gasteiger partial charge < -0.3 is 14.8 Å². The lowest BCUT2D eigenvalue weighted by Crippen LogP contribution is -2.28. The number of carbonyl (C=O) groups excluding carboxylic acids is 2. The summed E-state index contributed by atoms with van der Waals surface area (Å²) in [6.07, 6.45) is 0.0637. The number of halogens is 1. The highest BCUT2D eigenvalue weighted by Crippen LogP contribution is 2.39. The van der Waals surface area contributed by atoms with Crippen molar-refractivity contribution in [3.05, 3.63) is 63.8 Å². The van der Waals surface area contributed by atoms with Crippen LogP contribution in [-0.4, -0.2) is 35.2 Å². The van der Waals surface area contributed by atoms with Gasteiger partial charge in [-0.3, -0.25) is 9.59 Å². The molecule has 2 aromatic carbocycles. The molecule has 0 saturated heterocycles. The zero-order chi connectivity index (χ0) is 22.1. The van der Waals surface area contributed by atoms with Crippen LogP contribution in [0, 0.1) is 6.92 Å². The first-order valence-electron chi connectivity index (χ1n) is 9.93. The molecule has 2 heterocycles. The summed E-state index contributed by atoms with van der Waals surface area (Å²) in [4.78, 5) is 26.0. The molecule has 0 aliphatic carbocycles. The molecule has 0 fully saturated rings. The van der Waals surface area contributed by atoms with E-state index in [1.165, 1.54) is 7.11 Å². The minimum absolute atomic E-state index is 0.0637. The van der Waals surface area contributed by atoms with E-state index in [-0.39, 0.29) is 18.1 Å². The second-order valence-electron chi connectivity index (χ2n) is 7.20. The normalized spacial score (nSPS) is 15.2. The molecule has 0 spiro atoms. The van der Waals surface area contributed by atoms with Gasteiger partial charge in [0.1, 0.15) is 5.82 Å². The summed E-state index contributed by atoms with van der Waals surface area (Å²) in [7, 11) is 1.53. The van der Waals surface area contributed by atoms with E-state index in [1.807, 2.05) is 38.1 Å². The number of aryl methyl sites for hydroxylation is 1. The summed E-state index contributed by atoms with van der Waals surface area (Å²) in [6, 6.07) is 12.7. The van der Waals surface area contributed by atoms with Crippen LogP contribution in [0.3, 0.4) is 0 Å². The van der Waals surface area contributed by atoms with Gasteiger partial charge in [0.25, 0.3) is 0 Å². The van der Waals surface area contributed by atoms with Crippen molar-refractivity contribution in [3.8, 4) is 17.2 Å². The molecule has 1 aromatic heterocycles. The Balaban J connectivity index is 1.76. The highest BCUT2D eigenvalue weighted by atomic mass is 79.9. The zero-order valence-corrected chi connectivity index (χ0v) is 19.0. The van der Waals surface area contributed by atoms with Gasteiger partial charge in [-0.1, -0.05) is 15.9 Å². The van der Waals surface area contributed by atoms with E-state index in [0.29, 0.717) is 35.2 Å². The Hall–Kier alpha value is -3.13. The van der Waals surface area contributed by atoms with Crippen molar-refractivity contribution in [1.29, 1.82) is 0 Å². The molecule has 1 N–H and O–H groups in total. The SMILES string of the molecule is CCOc1ccc(C(=O)C2CC(=O)Nc3c2c(C)nn3-c2ccc(Br)cc2)cc1OC. The van der Waals surface area contributed by atoms with Crippen molar-refractivity contribution in [2.75, 3.05) is 19.0 Å². The third-order valence-corrected chi connectivity index (χ3v) is 5.77. The van der Waals surface area contributed by atoms with Crippen LogP contribution in [0.2, 0.25) is 0 Å². The van der Waals surface area contributed by atoms with Gasteiger partial charge in [0.05, 0.1) is 31.0 Å². The summed E-state index contributed by atoms with van der Waals surface area (Å²) in [6.45, 7) is 4.22. The molecule has 7 nitrogen and oxygen atoms in total. The standard InChI is InChI=1S/C23H22BrN3O4/c1-4-31-18-10-5-14(11-19(18)30-3)22(29)17-12-20(28)25-23-21(17)13(2)26-27(23)16-8-6-15(24)7-9-16/h5-11,17H,4,12H2,1-3H3,(H,25,28). The topological polar surface area (TPSA) is 82.5 Å². The fraction of sp³-hybridized carbons (Fsp3) is 0.261. The minimum atomic E-state index is -0.629. The Morgan fingerprint density at radius 3 is 2.65 bits per heavy atom. The second kappa shape index (κ2) is 8.55. The van der Waals surface area contributed by atoms with Gasteiger partial charge in [-0.2, -0.15) is 5.10 Å². The van der Waals surface area contributed by atoms with Crippen molar-refractivity contribution in [2.45, 2.75) is 26.2 Å². The number of carbonyl (C=O) groups is 2. The molecule has 8 heteroatoms. The molecule has 1 unspecified atom stereocenters. The van der Waals surface area contributed by atoms with E-state index < -0.39 is 5.92 Å². The maximum Gasteiger partial charge on any atom is 0.226 e. The van der Waals surface area contributed by atoms with Crippen LogP contribution < -0.4 is 14.8 Å². The van der Waals surface area contributed by atoms with Crippen molar-refractivity contribution in [1.82, 2.24) is 9.78 Å². The Morgan fingerprint density at radius 2 is 1.97 bits per heavy atom. The monoisotopic (exact) mass is 483 g/mol. The maximum atomic E-state index is 13.5. The number of ether oxygens (including phenoxy) is 2. The summed E-state index contributed by atoms with van der Waals surface area (Å²) in [5.41, 5.74) is 2.69. The summed E-state index contributed by atoms with van der Waals surface area (Å²) < 4.78 is 13.5. The second-order valence-corrected chi connectivity index (χ2v) is 8.12. The number of anilines is 1. The van der Waals surface area contributed by atoms with E-state index in [4.69, 9.17) is 9.47 Å². The summed E-state index contributed by atoms with van der Waals surface area (Å²) in [5, 5.41) is 7.51. The largest absolute Gasteiger partial charge is 0.493 e. The van der Waals surface area contributed by atoms with Gasteiger partial charge in [-0.25, -0.2) is 4.68 Å². The van der Waals surface area contributed by atoms with Crippen LogP contribution in [0.1, 0.15) is 40.9 Å². The number of Topliss-reactive ketones (excluding diaryl/α,β-unsaturated/α-hetero) is 1. The van der Waals surface area contributed by atoms with Gasteiger partial charge in [0.15, 0.2) is 17.3 Å². The third-order valence-electron chi connectivity index (χ3n) is 5.24. The fourth-order valence-electron chi connectivity index (χ4n) is 3.84. The summed E-state index contributed by atoms with van der Waals surface area (Å²) >= 11 is 3.43. The number of benzene rings is 2. The van der Waals surface area contributed by atoms with Gasteiger partial charge in [0, 0.05) is 22.0 Å². The number of methoxy groups -OCH3 is 1. The smallest absolute Gasteiger partial charge is 0.226 e. The highest BCUT2D eigenvalue weighted by Gasteiger charge is 2.36. The molecule has 1 atom stereocenters. The molecule has 1 aliphatic heterocycles. The molecule has 4 rings (SSSR count). The number of amides is 1. The number of ketones is 1. The van der Waals surface area contributed by atoms with Crippen molar-refractivity contribution in [3.63, 3.8) is 0 Å². The van der Waals surface area contributed by atoms with E-state index >= 15 is 0 Å². The lowest BCUT2D eigenvalue weighted by molar-refractivity contribution is -0.116. The first kappa shape index (κ1) is 21.1. The molecular weight excluding hydrogens is 462 g/mol. The number of fused-ring (bicyclic) bond motifs is 1. The molecule has 3 aromatic rings. The number of hydrogen-bond donors (Lipinski definition) is 1. The highest BCUT2D eigenvalue weighted by molar-refractivity contribution is 9.10. The molecule has 160 valence electrons. The van der Waals surface area contributed by atoms with Crippen LogP contribution in [0.25, 0.3) is 5.69 Å². The van der Waals surface area contributed by atoms with Crippen LogP contribution >= 0.6 is 15.9 Å². The van der Waals surface area contributed by atoms with Gasteiger partial charge in [-0.05, 0) is 56.3 Å². The Kier molecular flexibility index (Phi) is 5.82. The van der Waals surface area contributed by atoms with E-state index in [9.17, 15) is 9.59 Å². The van der Waals surface area contributed by atoms with Gasteiger partial charge in [-0.15, -0.1) is 0 Å². The first-order valence-corrected chi connectivity index (χ1v) is 10.7. The number of nitrogens with one attached hydrogen (secondary N) is 1. The van der Waals surface area contributed by atoms with E-state index in [0.717, 1.165) is 15.7 Å². The van der Waals surface area contributed by atoms with Gasteiger partial charge in [0.2, 0.25) is 5.91 Å². The molecule has 1 aliphatic rings. The van der Waals surface area contributed by atoms with Crippen molar-refractivity contribution < 1.29 is 19.1 Å². The fourth-order valence-corrected chi connectivity index (χ4v) is 4.10.